The molecular formula is C17H25NO3. The predicted octanol–water partition coefficient (Wildman–Crippen LogP) is 3.62. The molecule has 1 aromatic carbocycles. The quantitative estimate of drug-likeness (QED) is 0.680. The molecule has 0 spiro atoms. The standard InChI is InChI=1S/C17H25NO3/c1-13-7-6-11-17(12-10-13,16(19)21-3)18-14-8-4-5-9-15(14)20-2/h4-5,8-9,13,18H,6-7,10-12H2,1-3H3. The Morgan fingerprint density at radius 3 is 2.71 bits per heavy atom. The number of nitrogens with one attached hydrogen (secondary N) is 1. The van der Waals surface area contributed by atoms with Crippen LogP contribution in [0.4, 0.5) is 5.69 Å². The van der Waals surface area contributed by atoms with Gasteiger partial charge in [-0.2, -0.15) is 0 Å². The fourth-order valence-electron chi connectivity index (χ4n) is 3.10. The van der Waals surface area contributed by atoms with Gasteiger partial charge in [0.2, 0.25) is 0 Å². The van der Waals surface area contributed by atoms with E-state index in [9.17, 15) is 4.79 Å². The van der Waals surface area contributed by atoms with Gasteiger partial charge < -0.3 is 14.8 Å². The first-order chi connectivity index (χ1) is 10.1. The molecule has 1 saturated carbocycles. The number of esters is 1. The van der Waals surface area contributed by atoms with E-state index in [0.29, 0.717) is 5.92 Å². The lowest BCUT2D eigenvalue weighted by Gasteiger charge is -2.32. The molecule has 1 aliphatic rings. The molecule has 1 aliphatic carbocycles. The minimum Gasteiger partial charge on any atom is -0.495 e. The van der Waals surface area contributed by atoms with Gasteiger partial charge >= 0.3 is 5.97 Å². The van der Waals surface area contributed by atoms with Gasteiger partial charge in [0, 0.05) is 0 Å². The number of anilines is 1. The largest absolute Gasteiger partial charge is 0.495 e. The van der Waals surface area contributed by atoms with Crippen LogP contribution in [-0.2, 0) is 9.53 Å². The summed E-state index contributed by atoms with van der Waals surface area (Å²) in [5.74, 6) is 1.22. The Morgan fingerprint density at radius 2 is 2.00 bits per heavy atom. The van der Waals surface area contributed by atoms with Gasteiger partial charge in [0.05, 0.1) is 19.9 Å². The normalized spacial score (nSPS) is 25.8. The average Bonchev–Trinajstić information content (AvgIpc) is 2.70. The summed E-state index contributed by atoms with van der Waals surface area (Å²) in [7, 11) is 3.10. The topological polar surface area (TPSA) is 47.6 Å². The third-order valence-corrected chi connectivity index (χ3v) is 4.42. The molecule has 2 rings (SSSR count). The molecule has 1 aromatic rings. The zero-order chi connectivity index (χ0) is 15.3. The number of hydrogen-bond acceptors (Lipinski definition) is 4. The first-order valence-electron chi connectivity index (χ1n) is 7.61. The van der Waals surface area contributed by atoms with Gasteiger partial charge in [-0.1, -0.05) is 31.9 Å². The van der Waals surface area contributed by atoms with Gasteiger partial charge in [-0.3, -0.25) is 0 Å². The lowest BCUT2D eigenvalue weighted by molar-refractivity contribution is -0.146. The molecular weight excluding hydrogens is 266 g/mol. The minimum absolute atomic E-state index is 0.178. The molecule has 0 bridgehead atoms. The van der Waals surface area contributed by atoms with Crippen molar-refractivity contribution in [1.29, 1.82) is 0 Å². The number of carbonyl (C=O) groups excluding carboxylic acids is 1. The first kappa shape index (κ1) is 15.7. The minimum atomic E-state index is -0.645. The van der Waals surface area contributed by atoms with E-state index >= 15 is 0 Å². The summed E-state index contributed by atoms with van der Waals surface area (Å²) in [6, 6.07) is 7.70. The van der Waals surface area contributed by atoms with E-state index in [-0.39, 0.29) is 5.97 Å². The van der Waals surface area contributed by atoms with Crippen LogP contribution in [0.25, 0.3) is 0 Å². The molecule has 21 heavy (non-hydrogen) atoms. The molecule has 2 unspecified atom stereocenters. The second-order valence-electron chi connectivity index (χ2n) is 5.94. The van der Waals surface area contributed by atoms with Crippen molar-refractivity contribution in [2.24, 2.45) is 5.92 Å². The van der Waals surface area contributed by atoms with Gasteiger partial charge in [-0.05, 0) is 37.3 Å². The zero-order valence-electron chi connectivity index (χ0n) is 13.1. The van der Waals surface area contributed by atoms with Crippen LogP contribution >= 0.6 is 0 Å². The van der Waals surface area contributed by atoms with Crippen molar-refractivity contribution >= 4 is 11.7 Å². The van der Waals surface area contributed by atoms with Crippen LogP contribution in [0.2, 0.25) is 0 Å². The molecule has 0 radical (unpaired) electrons. The zero-order valence-corrected chi connectivity index (χ0v) is 13.1. The molecule has 1 N–H and O–H groups in total. The lowest BCUT2D eigenvalue weighted by Crippen LogP contribution is -2.47. The van der Waals surface area contributed by atoms with Crippen molar-refractivity contribution in [2.75, 3.05) is 19.5 Å². The predicted molar refractivity (Wildman–Crippen MR) is 83.6 cm³/mol. The Bertz CT molecular complexity index is 489. The van der Waals surface area contributed by atoms with Crippen LogP contribution < -0.4 is 10.1 Å². The van der Waals surface area contributed by atoms with E-state index in [4.69, 9.17) is 9.47 Å². The Labute approximate surface area is 126 Å². The second-order valence-corrected chi connectivity index (χ2v) is 5.94. The molecule has 0 aromatic heterocycles. The highest BCUT2D eigenvalue weighted by Gasteiger charge is 2.41. The smallest absolute Gasteiger partial charge is 0.331 e. The Morgan fingerprint density at radius 1 is 1.24 bits per heavy atom. The van der Waals surface area contributed by atoms with Crippen LogP contribution in [0, 0.1) is 5.92 Å². The highest BCUT2D eigenvalue weighted by Crippen LogP contribution is 2.36. The summed E-state index contributed by atoms with van der Waals surface area (Å²) in [6.07, 6.45) is 4.79. The molecule has 4 heteroatoms. The number of ether oxygens (including phenoxy) is 2. The van der Waals surface area contributed by atoms with E-state index in [2.05, 4.69) is 12.2 Å². The molecule has 1 fully saturated rings. The van der Waals surface area contributed by atoms with Crippen molar-refractivity contribution < 1.29 is 14.3 Å². The van der Waals surface area contributed by atoms with Crippen molar-refractivity contribution in [2.45, 2.75) is 44.6 Å². The van der Waals surface area contributed by atoms with Gasteiger partial charge in [0.25, 0.3) is 0 Å². The number of rotatable bonds is 4. The van der Waals surface area contributed by atoms with Gasteiger partial charge in [-0.15, -0.1) is 0 Å². The number of hydrogen-bond donors (Lipinski definition) is 1. The van der Waals surface area contributed by atoms with Gasteiger partial charge in [0.1, 0.15) is 11.3 Å². The molecule has 4 nitrogen and oxygen atoms in total. The summed E-state index contributed by atoms with van der Waals surface area (Å²) in [5.41, 5.74) is 0.202. The van der Waals surface area contributed by atoms with Crippen molar-refractivity contribution in [3.05, 3.63) is 24.3 Å². The van der Waals surface area contributed by atoms with E-state index in [1.54, 1.807) is 7.11 Å². The van der Waals surface area contributed by atoms with E-state index in [1.165, 1.54) is 7.11 Å². The van der Waals surface area contributed by atoms with Crippen LogP contribution in [0.1, 0.15) is 39.0 Å². The maximum atomic E-state index is 12.4. The number of methoxy groups -OCH3 is 2. The van der Waals surface area contributed by atoms with Crippen LogP contribution in [0.15, 0.2) is 24.3 Å². The van der Waals surface area contributed by atoms with Crippen LogP contribution in [0.5, 0.6) is 5.75 Å². The van der Waals surface area contributed by atoms with E-state index in [1.807, 2.05) is 24.3 Å². The molecule has 2 atom stereocenters. The molecule has 0 amide bonds. The lowest BCUT2D eigenvalue weighted by atomic mass is 9.89. The number of para-hydroxylation sites is 2. The van der Waals surface area contributed by atoms with E-state index < -0.39 is 5.54 Å². The third-order valence-electron chi connectivity index (χ3n) is 4.42. The third kappa shape index (κ3) is 3.49. The Balaban J connectivity index is 2.30. The summed E-state index contributed by atoms with van der Waals surface area (Å²) in [5, 5.41) is 3.43. The van der Waals surface area contributed by atoms with Crippen molar-refractivity contribution in [3.8, 4) is 5.75 Å². The van der Waals surface area contributed by atoms with Crippen LogP contribution in [0.3, 0.4) is 0 Å². The first-order valence-corrected chi connectivity index (χ1v) is 7.61. The fraction of sp³-hybridized carbons (Fsp3) is 0.588. The number of benzene rings is 1. The summed E-state index contributed by atoms with van der Waals surface area (Å²) in [4.78, 5) is 12.4. The number of carbonyl (C=O) groups is 1. The SMILES string of the molecule is COC(=O)C1(Nc2ccccc2OC)CCCC(C)CC1. The fourth-order valence-corrected chi connectivity index (χ4v) is 3.10. The van der Waals surface area contributed by atoms with Crippen molar-refractivity contribution in [1.82, 2.24) is 0 Å². The maximum absolute atomic E-state index is 12.4. The van der Waals surface area contributed by atoms with Crippen LogP contribution in [-0.4, -0.2) is 25.7 Å². The van der Waals surface area contributed by atoms with Crippen molar-refractivity contribution in [3.63, 3.8) is 0 Å². The molecule has 0 heterocycles. The van der Waals surface area contributed by atoms with Gasteiger partial charge in [-0.25, -0.2) is 4.79 Å². The summed E-state index contributed by atoms with van der Waals surface area (Å²) >= 11 is 0. The van der Waals surface area contributed by atoms with Gasteiger partial charge in [0.15, 0.2) is 0 Å². The molecule has 0 aliphatic heterocycles. The average molecular weight is 291 g/mol. The maximum Gasteiger partial charge on any atom is 0.331 e. The Hall–Kier alpha value is -1.71. The highest BCUT2D eigenvalue weighted by molar-refractivity contribution is 5.85. The molecule has 0 saturated heterocycles. The Kier molecular flexibility index (Phi) is 5.10. The monoisotopic (exact) mass is 291 g/mol. The van der Waals surface area contributed by atoms with E-state index in [0.717, 1.165) is 43.5 Å². The second kappa shape index (κ2) is 6.83. The highest BCUT2D eigenvalue weighted by atomic mass is 16.5. The molecule has 116 valence electrons. The summed E-state index contributed by atoms with van der Waals surface area (Å²) < 4.78 is 10.5. The summed E-state index contributed by atoms with van der Waals surface area (Å²) in [6.45, 7) is 2.25.